The van der Waals surface area contributed by atoms with E-state index in [1.807, 2.05) is 13.0 Å². The fraction of sp³-hybridized carbons (Fsp3) is 0.692. The predicted octanol–water partition coefficient (Wildman–Crippen LogP) is 4.41. The van der Waals surface area contributed by atoms with Crippen LogP contribution in [0, 0.1) is 29.2 Å². The number of ether oxygens (including phenoxy) is 12. The van der Waals surface area contributed by atoms with Crippen LogP contribution in [0.15, 0.2) is 21.5 Å². The summed E-state index contributed by atoms with van der Waals surface area (Å²) in [6.07, 6.45) is 5.51. The number of nitrogens with two attached hydrogens (primary N) is 1. The van der Waals surface area contributed by atoms with Crippen LogP contribution in [0.4, 0.5) is 28.0 Å². The molecule has 0 unspecified atom stereocenters. The minimum atomic E-state index is -5.65. The molecular weight excluding hydrogens is 1140 g/mol. The molecule has 1 saturated carbocycles. The molecule has 0 radical (unpaired) electrons. The van der Waals surface area contributed by atoms with Crippen molar-refractivity contribution in [3.63, 3.8) is 0 Å². The number of rotatable bonds is 45. The number of fused-ring (bicyclic) bond motifs is 1. The molecule has 2 aliphatic heterocycles. The number of carbonyl (C=O) groups excluding carboxylic acids is 3. The number of thiophene rings is 1. The Hall–Kier alpha value is -4.51. The zero-order chi connectivity index (χ0) is 59.0. The fourth-order valence-electron chi connectivity index (χ4n) is 7.83. The Bertz CT molecular complexity index is 2410. The Balaban J connectivity index is 0.728. The normalized spacial score (nSPS) is 14.9. The molecule has 0 bridgehead atoms. The summed E-state index contributed by atoms with van der Waals surface area (Å²) < 4.78 is 151. The zero-order valence-corrected chi connectivity index (χ0v) is 47.8. The molecule has 1 aromatic carbocycles. The number of amidine groups is 1. The first-order valence-corrected chi connectivity index (χ1v) is 29.5. The third kappa shape index (κ3) is 25.4. The van der Waals surface area contributed by atoms with Crippen LogP contribution < -0.4 is 15.8 Å². The van der Waals surface area contributed by atoms with E-state index in [2.05, 4.69) is 26.0 Å². The number of amides is 2. The maximum Gasteiger partial charge on any atom is 0.407 e. The maximum atomic E-state index is 14.0. The first-order chi connectivity index (χ1) is 39.6. The third-order valence-electron chi connectivity index (χ3n) is 12.1. The standard InChI is InChI=1S/C52H77F4N5O19S2/c1-2-8-61(78-11-7-58-52(64)79-39-4-3-5-39)51(63)38-32-42-41(59-43(57)33-38)34-40(81-42)31-37-35-60(36-37)9-12-69-14-16-71-18-20-73-22-24-75-26-28-77-30-29-76-27-25-74-23-21-72-19-17-70-15-13-68-10-6-44(62)80-49-45(53)47(55)50(82(65,66)67)48(56)46(49)54/h32,34,37,39H,2-31,33,35-36H2,1H3,(H2,57,59)(H,58,64)(H,65,66,67). The summed E-state index contributed by atoms with van der Waals surface area (Å²) in [5.41, 5.74) is 7.57. The summed E-state index contributed by atoms with van der Waals surface area (Å²) in [4.78, 5) is 50.1. The number of hydroxylamine groups is 2. The number of carbonyl (C=O) groups is 3. The van der Waals surface area contributed by atoms with Gasteiger partial charge in [-0.15, -0.1) is 11.3 Å². The van der Waals surface area contributed by atoms with Crippen LogP contribution in [0.2, 0.25) is 0 Å². The Morgan fingerprint density at radius 3 is 1.68 bits per heavy atom. The van der Waals surface area contributed by atoms with Gasteiger partial charge in [-0.2, -0.15) is 17.2 Å². The van der Waals surface area contributed by atoms with E-state index in [0.29, 0.717) is 129 Å². The van der Waals surface area contributed by atoms with Gasteiger partial charge in [0.25, 0.3) is 5.91 Å². The van der Waals surface area contributed by atoms with Gasteiger partial charge in [-0.1, -0.05) is 6.92 Å². The largest absolute Gasteiger partial charge is 0.446 e. The number of nitrogens with zero attached hydrogens (tertiary/aromatic N) is 3. The molecule has 82 heavy (non-hydrogen) atoms. The highest BCUT2D eigenvalue weighted by Gasteiger charge is 2.34. The van der Waals surface area contributed by atoms with E-state index >= 15 is 0 Å². The summed E-state index contributed by atoms with van der Waals surface area (Å²) in [5.74, 6) is -12.0. The molecule has 3 heterocycles. The van der Waals surface area contributed by atoms with E-state index in [-0.39, 0.29) is 64.6 Å². The van der Waals surface area contributed by atoms with Gasteiger partial charge in [0.15, 0.2) is 16.5 Å². The summed E-state index contributed by atoms with van der Waals surface area (Å²) in [6.45, 7) is 12.3. The molecule has 5 rings (SSSR count). The van der Waals surface area contributed by atoms with E-state index in [4.69, 9.17) is 67.2 Å². The van der Waals surface area contributed by atoms with Crippen molar-refractivity contribution in [3.8, 4) is 5.75 Å². The van der Waals surface area contributed by atoms with Gasteiger partial charge in [-0.3, -0.25) is 19.0 Å². The number of hydrogen-bond acceptors (Lipinski definition) is 22. The van der Waals surface area contributed by atoms with Gasteiger partial charge in [0, 0.05) is 49.6 Å². The number of hydrogen-bond donors (Lipinski definition) is 3. The monoisotopic (exact) mass is 1220 g/mol. The van der Waals surface area contributed by atoms with Gasteiger partial charge in [0.05, 0.1) is 156 Å². The third-order valence-corrected chi connectivity index (χ3v) is 14.1. The zero-order valence-electron chi connectivity index (χ0n) is 46.2. The highest BCUT2D eigenvalue weighted by Crippen LogP contribution is 2.37. The van der Waals surface area contributed by atoms with Crippen molar-refractivity contribution >= 4 is 57.0 Å². The van der Waals surface area contributed by atoms with Crippen molar-refractivity contribution in [2.24, 2.45) is 16.6 Å². The second-order valence-electron chi connectivity index (χ2n) is 18.6. The van der Waals surface area contributed by atoms with Crippen molar-refractivity contribution in [3.05, 3.63) is 44.7 Å². The van der Waals surface area contributed by atoms with Crippen LogP contribution >= 0.6 is 11.3 Å². The number of alkyl carbamates (subject to hydrolysis) is 1. The molecule has 2 aromatic rings. The lowest BCUT2D eigenvalue weighted by molar-refractivity contribution is -0.181. The molecule has 0 spiro atoms. The summed E-state index contributed by atoms with van der Waals surface area (Å²) in [7, 11) is -5.65. The van der Waals surface area contributed by atoms with Crippen LogP contribution in [0.3, 0.4) is 0 Å². The highest BCUT2D eigenvalue weighted by molar-refractivity contribution is 7.85. The average Bonchev–Trinajstić information content (AvgIpc) is 2.86. The molecule has 1 saturated heterocycles. The molecule has 1 aromatic heterocycles. The highest BCUT2D eigenvalue weighted by atomic mass is 32.2. The lowest BCUT2D eigenvalue weighted by Gasteiger charge is -2.39. The van der Waals surface area contributed by atoms with E-state index < -0.39 is 62.5 Å². The maximum absolute atomic E-state index is 14.0. The van der Waals surface area contributed by atoms with Crippen LogP contribution in [-0.2, 0) is 83.1 Å². The van der Waals surface area contributed by atoms with Gasteiger partial charge < -0.3 is 72.8 Å². The van der Waals surface area contributed by atoms with E-state index in [9.17, 15) is 40.4 Å². The molecule has 1 aliphatic carbocycles. The van der Waals surface area contributed by atoms with E-state index in [1.165, 1.54) is 9.94 Å². The SMILES string of the molecule is CCCN(OCCNC(=O)OC1CCC1)C(=O)C1=Cc2sc(CC3CN(CCOCCOCCOCCOCCOCCOCCOCCOCCOCCOCCC(=O)Oc4c(F)c(F)c(S(=O)(=O)O)c(F)c4F)C3)cc2N=C(N)C1. The second kappa shape index (κ2) is 38.4. The lowest BCUT2D eigenvalue weighted by Crippen LogP contribution is -2.48. The summed E-state index contributed by atoms with van der Waals surface area (Å²) in [6, 6.07) is 2.07. The smallest absolute Gasteiger partial charge is 0.407 e. The van der Waals surface area contributed by atoms with Gasteiger partial charge in [-0.05, 0) is 50.2 Å². The Kier molecular flexibility index (Phi) is 32.0. The topological polar surface area (TPSA) is 282 Å². The summed E-state index contributed by atoms with van der Waals surface area (Å²) in [5, 5.41) is 4.02. The average molecular weight is 1220 g/mol. The van der Waals surface area contributed by atoms with Crippen LogP contribution in [0.1, 0.15) is 55.2 Å². The number of esters is 1. The van der Waals surface area contributed by atoms with Crippen molar-refractivity contribution in [1.29, 1.82) is 0 Å². The first-order valence-electron chi connectivity index (χ1n) is 27.2. The first kappa shape index (κ1) is 68.3. The van der Waals surface area contributed by atoms with Crippen molar-refractivity contribution in [1.82, 2.24) is 15.3 Å². The molecule has 30 heteroatoms. The summed E-state index contributed by atoms with van der Waals surface area (Å²) >= 11 is 1.63. The van der Waals surface area contributed by atoms with Crippen LogP contribution in [0.5, 0.6) is 5.75 Å². The molecule has 3 aliphatic rings. The van der Waals surface area contributed by atoms with Gasteiger partial charge in [0.2, 0.25) is 17.4 Å². The molecule has 2 amide bonds. The van der Waals surface area contributed by atoms with Crippen molar-refractivity contribution in [2.45, 2.75) is 62.9 Å². The number of benzene rings is 1. The van der Waals surface area contributed by atoms with Gasteiger partial charge in [0.1, 0.15) is 11.9 Å². The van der Waals surface area contributed by atoms with Crippen molar-refractivity contribution in [2.75, 3.05) is 171 Å². The molecule has 0 atom stereocenters. The minimum Gasteiger partial charge on any atom is -0.446 e. The van der Waals surface area contributed by atoms with Gasteiger partial charge in [-0.25, -0.2) is 23.6 Å². The van der Waals surface area contributed by atoms with E-state index in [0.717, 1.165) is 55.9 Å². The molecule has 464 valence electrons. The Morgan fingerprint density at radius 2 is 1.22 bits per heavy atom. The predicted molar refractivity (Wildman–Crippen MR) is 286 cm³/mol. The van der Waals surface area contributed by atoms with Gasteiger partial charge >= 0.3 is 22.2 Å². The number of halogens is 4. The van der Waals surface area contributed by atoms with Crippen LogP contribution in [0.25, 0.3) is 6.08 Å². The van der Waals surface area contributed by atoms with Crippen molar-refractivity contribution < 1.29 is 107 Å². The molecule has 24 nitrogen and oxygen atoms in total. The Morgan fingerprint density at radius 1 is 0.732 bits per heavy atom. The number of aliphatic imine (C=N–C) groups is 1. The minimum absolute atomic E-state index is 0.00808. The lowest BCUT2D eigenvalue weighted by atomic mass is 9.95. The Labute approximate surface area is 478 Å². The molecule has 4 N–H and O–H groups in total. The van der Waals surface area contributed by atoms with E-state index in [1.54, 1.807) is 11.3 Å². The molecule has 2 fully saturated rings. The second-order valence-corrected chi connectivity index (χ2v) is 21.1. The quantitative estimate of drug-likeness (QED) is 0.0157. The van der Waals surface area contributed by atoms with Crippen LogP contribution in [-0.4, -0.2) is 224 Å². The fourth-order valence-corrected chi connectivity index (χ4v) is 9.64. The number of nitrogens with one attached hydrogen (secondary N) is 1. The number of likely N-dealkylation sites (tertiary alicyclic amines) is 1. The molecular formula is C52H77F4N5O19S2.